The second kappa shape index (κ2) is 10.1. The largest absolute Gasteiger partial charge is 0.373 e. The molecular weight excluding hydrogens is 498 g/mol. The molecule has 8 nitrogen and oxygen atoms in total. The van der Waals surface area contributed by atoms with Gasteiger partial charge in [-0.05, 0) is 42.0 Å². The average Bonchev–Trinajstić information content (AvgIpc) is 3.62. The van der Waals surface area contributed by atoms with Crippen molar-refractivity contribution in [3.8, 4) is 33.9 Å². The van der Waals surface area contributed by atoms with Crippen molar-refractivity contribution in [2.45, 2.75) is 12.6 Å². The Bertz CT molecular complexity index is 1930. The van der Waals surface area contributed by atoms with Gasteiger partial charge in [-0.1, -0.05) is 48.5 Å². The van der Waals surface area contributed by atoms with Crippen molar-refractivity contribution in [3.63, 3.8) is 0 Å². The van der Waals surface area contributed by atoms with E-state index in [1.165, 1.54) is 0 Å². The summed E-state index contributed by atoms with van der Waals surface area (Å²) in [4.78, 5) is 17.1. The molecule has 8 heteroatoms. The first-order valence-electron chi connectivity index (χ1n) is 13.0. The summed E-state index contributed by atoms with van der Waals surface area (Å²) >= 11 is 0. The third-order valence-electron chi connectivity index (χ3n) is 6.95. The Kier molecular flexibility index (Phi) is 5.99. The first-order chi connectivity index (χ1) is 19.7. The van der Waals surface area contributed by atoms with Gasteiger partial charge in [-0.2, -0.15) is 5.10 Å². The molecule has 40 heavy (non-hydrogen) atoms. The fraction of sp³-hybridized carbons (Fsp3) is 0.0625. The minimum Gasteiger partial charge on any atom is -0.373 e. The fourth-order valence-corrected chi connectivity index (χ4v) is 5.05. The predicted molar refractivity (Wildman–Crippen MR) is 157 cm³/mol. The highest BCUT2D eigenvalue weighted by atomic mass is 16.3. The van der Waals surface area contributed by atoms with E-state index in [2.05, 4.69) is 53.6 Å². The van der Waals surface area contributed by atoms with Gasteiger partial charge in [0.05, 0.1) is 40.7 Å². The quantitative estimate of drug-likeness (QED) is 0.185. The van der Waals surface area contributed by atoms with E-state index in [-0.39, 0.29) is 0 Å². The normalized spacial score (nSPS) is 12.1. The van der Waals surface area contributed by atoms with Crippen LogP contribution in [0.3, 0.4) is 0 Å². The average molecular weight is 524 g/mol. The molecular formula is C32H25N7O. The summed E-state index contributed by atoms with van der Waals surface area (Å²) < 4.78 is 0. The lowest BCUT2D eigenvalue weighted by Crippen LogP contribution is -2.21. The van der Waals surface area contributed by atoms with Crippen LogP contribution in [0.15, 0.2) is 110 Å². The standard InChI is InChI=1S/C32H25N7O/c40-31(13-20-7-2-1-3-8-20)36-22-14-21(17-33-18-22)28-16-25-30(19-35-28)38-39-32(25)29-15-24-23(9-6-11-27(24)37-29)26-10-4-5-12-34-26/h1-12,14-19,31,36-37,40H,13H2,(H,38,39). The number of fused-ring (bicyclic) bond motifs is 2. The Morgan fingerprint density at radius 2 is 1.68 bits per heavy atom. The van der Waals surface area contributed by atoms with Gasteiger partial charge in [0.25, 0.3) is 0 Å². The number of anilines is 1. The van der Waals surface area contributed by atoms with Crippen LogP contribution in [-0.4, -0.2) is 41.5 Å². The number of benzene rings is 2. The number of pyridine rings is 3. The summed E-state index contributed by atoms with van der Waals surface area (Å²) in [6, 6.07) is 28.1. The summed E-state index contributed by atoms with van der Waals surface area (Å²) in [7, 11) is 0. The number of hydrogen-bond acceptors (Lipinski definition) is 6. The molecule has 0 fully saturated rings. The van der Waals surface area contributed by atoms with Crippen LogP contribution >= 0.6 is 0 Å². The predicted octanol–water partition coefficient (Wildman–Crippen LogP) is 6.20. The number of rotatable bonds is 7. The van der Waals surface area contributed by atoms with E-state index >= 15 is 0 Å². The van der Waals surface area contributed by atoms with Crippen LogP contribution in [0.5, 0.6) is 0 Å². The molecule has 1 unspecified atom stereocenters. The van der Waals surface area contributed by atoms with E-state index in [1.54, 1.807) is 24.8 Å². The molecule has 2 aromatic carbocycles. The van der Waals surface area contributed by atoms with Crippen LogP contribution in [0.4, 0.5) is 5.69 Å². The van der Waals surface area contributed by atoms with Crippen molar-refractivity contribution in [1.29, 1.82) is 0 Å². The van der Waals surface area contributed by atoms with Crippen molar-refractivity contribution in [2.24, 2.45) is 0 Å². The van der Waals surface area contributed by atoms with E-state index in [0.29, 0.717) is 12.1 Å². The van der Waals surface area contributed by atoms with Crippen LogP contribution in [0.2, 0.25) is 0 Å². The number of nitrogens with zero attached hydrogens (tertiary/aromatic N) is 4. The summed E-state index contributed by atoms with van der Waals surface area (Å²) in [6.07, 6.45) is 6.80. The highest BCUT2D eigenvalue weighted by Crippen LogP contribution is 2.34. The molecule has 4 N–H and O–H groups in total. The SMILES string of the molecule is OC(Cc1ccccc1)Nc1cncc(-c2cc3c(-c4cc5c(-c6ccccn6)cccc5[nH]4)n[nH]c3cn2)c1. The van der Waals surface area contributed by atoms with Crippen LogP contribution in [0.1, 0.15) is 5.56 Å². The highest BCUT2D eigenvalue weighted by molar-refractivity contribution is 6.01. The van der Waals surface area contributed by atoms with Crippen molar-refractivity contribution < 1.29 is 5.11 Å². The van der Waals surface area contributed by atoms with Gasteiger partial charge in [0.15, 0.2) is 0 Å². The number of aromatic nitrogens is 6. The molecule has 194 valence electrons. The van der Waals surface area contributed by atoms with E-state index in [0.717, 1.165) is 61.3 Å². The lowest BCUT2D eigenvalue weighted by atomic mass is 10.1. The van der Waals surface area contributed by atoms with Gasteiger partial charge >= 0.3 is 0 Å². The van der Waals surface area contributed by atoms with Crippen molar-refractivity contribution in [1.82, 2.24) is 30.1 Å². The molecule has 7 rings (SSSR count). The van der Waals surface area contributed by atoms with E-state index < -0.39 is 6.23 Å². The number of H-pyrrole nitrogens is 2. The van der Waals surface area contributed by atoms with Gasteiger partial charge in [-0.3, -0.25) is 20.1 Å². The van der Waals surface area contributed by atoms with Crippen LogP contribution < -0.4 is 5.32 Å². The summed E-state index contributed by atoms with van der Waals surface area (Å²) in [6.45, 7) is 0. The first-order valence-corrected chi connectivity index (χ1v) is 13.0. The molecule has 0 spiro atoms. The molecule has 0 saturated heterocycles. The fourth-order valence-electron chi connectivity index (χ4n) is 5.05. The zero-order chi connectivity index (χ0) is 26.9. The van der Waals surface area contributed by atoms with Crippen molar-refractivity contribution in [2.75, 3.05) is 5.32 Å². The number of hydrogen-bond donors (Lipinski definition) is 4. The molecule has 1 atom stereocenters. The lowest BCUT2D eigenvalue weighted by molar-refractivity contribution is 0.204. The van der Waals surface area contributed by atoms with Gasteiger partial charge in [0.2, 0.25) is 0 Å². The number of aliphatic hydroxyl groups is 1. The Morgan fingerprint density at radius 1 is 0.775 bits per heavy atom. The lowest BCUT2D eigenvalue weighted by Gasteiger charge is -2.14. The smallest absolute Gasteiger partial charge is 0.128 e. The maximum absolute atomic E-state index is 10.6. The minimum atomic E-state index is -0.742. The van der Waals surface area contributed by atoms with Crippen LogP contribution in [0.25, 0.3) is 55.7 Å². The van der Waals surface area contributed by atoms with E-state index in [4.69, 9.17) is 0 Å². The molecule has 0 aliphatic rings. The minimum absolute atomic E-state index is 0.486. The number of aromatic amines is 2. The number of aliphatic hydroxyl groups excluding tert-OH is 1. The second-order valence-corrected chi connectivity index (χ2v) is 9.66. The van der Waals surface area contributed by atoms with E-state index in [9.17, 15) is 5.11 Å². The van der Waals surface area contributed by atoms with Gasteiger partial charge in [-0.25, -0.2) is 0 Å². The summed E-state index contributed by atoms with van der Waals surface area (Å²) in [5.74, 6) is 0. The zero-order valence-corrected chi connectivity index (χ0v) is 21.4. The van der Waals surface area contributed by atoms with Gasteiger partial charge in [0, 0.05) is 46.2 Å². The molecule has 0 bridgehead atoms. The third-order valence-corrected chi connectivity index (χ3v) is 6.95. The molecule has 5 heterocycles. The van der Waals surface area contributed by atoms with Gasteiger partial charge in [-0.15, -0.1) is 0 Å². The molecule has 0 aliphatic heterocycles. The van der Waals surface area contributed by atoms with Crippen molar-refractivity contribution >= 4 is 27.5 Å². The molecule has 0 aliphatic carbocycles. The van der Waals surface area contributed by atoms with Crippen LogP contribution in [-0.2, 0) is 6.42 Å². The van der Waals surface area contributed by atoms with Crippen molar-refractivity contribution in [3.05, 3.63) is 115 Å². The molecule has 0 saturated carbocycles. The second-order valence-electron chi connectivity index (χ2n) is 9.66. The maximum Gasteiger partial charge on any atom is 0.128 e. The highest BCUT2D eigenvalue weighted by Gasteiger charge is 2.15. The third kappa shape index (κ3) is 4.57. The molecule has 0 amide bonds. The molecule has 7 aromatic rings. The maximum atomic E-state index is 10.6. The number of nitrogens with one attached hydrogen (secondary N) is 3. The Balaban J connectivity index is 1.21. The molecule has 5 aromatic heterocycles. The van der Waals surface area contributed by atoms with Gasteiger partial charge < -0.3 is 15.4 Å². The first kappa shape index (κ1) is 23.8. The zero-order valence-electron chi connectivity index (χ0n) is 21.4. The topological polar surface area (TPSA) is 115 Å². The van der Waals surface area contributed by atoms with Crippen LogP contribution in [0, 0.1) is 0 Å². The Labute approximate surface area is 229 Å². The summed E-state index contributed by atoms with van der Waals surface area (Å²) in [5, 5.41) is 23.5. The Morgan fingerprint density at radius 3 is 2.55 bits per heavy atom. The van der Waals surface area contributed by atoms with E-state index in [1.807, 2.05) is 66.7 Å². The van der Waals surface area contributed by atoms with Gasteiger partial charge in [0.1, 0.15) is 11.9 Å². The molecule has 0 radical (unpaired) electrons. The Hall–Kier alpha value is -5.34. The monoisotopic (exact) mass is 523 g/mol. The summed E-state index contributed by atoms with van der Waals surface area (Å²) in [5.41, 5.74) is 8.90.